The van der Waals surface area contributed by atoms with Crippen LogP contribution < -0.4 is 14.2 Å². The molecule has 0 bridgehead atoms. The Morgan fingerprint density at radius 3 is 2.14 bits per heavy atom. The first-order chi connectivity index (χ1) is 9.76. The summed E-state index contributed by atoms with van der Waals surface area (Å²) in [5.41, 5.74) is 0.319. The fourth-order valence-corrected chi connectivity index (χ4v) is 1.44. The lowest BCUT2D eigenvalue weighted by Crippen LogP contribution is -2.19. The molecule has 0 aliphatic rings. The van der Waals surface area contributed by atoms with E-state index in [-0.39, 0.29) is 17.2 Å². The highest BCUT2D eigenvalue weighted by molar-refractivity contribution is 5.61. The van der Waals surface area contributed by atoms with Crippen molar-refractivity contribution in [2.24, 2.45) is 0 Å². The van der Waals surface area contributed by atoms with E-state index >= 15 is 0 Å². The van der Waals surface area contributed by atoms with Crippen molar-refractivity contribution in [1.82, 2.24) is 0 Å². The third-order valence-electron chi connectivity index (χ3n) is 2.25. The van der Waals surface area contributed by atoms with E-state index in [1.54, 1.807) is 0 Å². The Morgan fingerprint density at radius 1 is 1.24 bits per heavy atom. The van der Waals surface area contributed by atoms with Gasteiger partial charge in [-0.3, -0.25) is 10.1 Å². The molecule has 1 aromatic rings. The van der Waals surface area contributed by atoms with Gasteiger partial charge in [0.1, 0.15) is 0 Å². The molecular weight excluding hydrogens is 295 g/mol. The van der Waals surface area contributed by atoms with Gasteiger partial charge in [-0.05, 0) is 17.7 Å². The highest BCUT2D eigenvalue weighted by Gasteiger charge is 2.30. The summed E-state index contributed by atoms with van der Waals surface area (Å²) in [7, 11) is 2.46. The minimum atomic E-state index is -4.51. The number of hydrogen-bond donors (Lipinski definition) is 0. The molecule has 0 aliphatic carbocycles. The van der Waals surface area contributed by atoms with Crippen LogP contribution in [0.4, 0.5) is 13.2 Å². The Balaban J connectivity index is 3.15. The molecule has 0 spiro atoms. The van der Waals surface area contributed by atoms with E-state index in [1.807, 2.05) is 0 Å². The van der Waals surface area contributed by atoms with Crippen LogP contribution in [0, 0.1) is 10.1 Å². The Labute approximate surface area is 117 Å². The van der Waals surface area contributed by atoms with Crippen LogP contribution >= 0.6 is 0 Å². The summed E-state index contributed by atoms with van der Waals surface area (Å²) in [4.78, 5) is 9.59. The summed E-state index contributed by atoms with van der Waals surface area (Å²) in [5, 5.41) is 10.3. The number of rotatable bonds is 6. The molecule has 116 valence electrons. The second kappa shape index (κ2) is 6.82. The molecule has 0 fully saturated rings. The minimum absolute atomic E-state index is 0.0263. The molecule has 0 atom stereocenters. The summed E-state index contributed by atoms with van der Waals surface area (Å²) in [6.45, 7) is -1.51. The minimum Gasteiger partial charge on any atom is -0.493 e. The van der Waals surface area contributed by atoms with Gasteiger partial charge in [-0.2, -0.15) is 13.2 Å². The van der Waals surface area contributed by atoms with Crippen LogP contribution in [0.2, 0.25) is 0 Å². The van der Waals surface area contributed by atoms with Crippen LogP contribution in [0.3, 0.4) is 0 Å². The summed E-state index contributed by atoms with van der Waals surface area (Å²) in [5.74, 6) is -0.279. The lowest BCUT2D eigenvalue weighted by atomic mass is 10.2. The van der Waals surface area contributed by atoms with Crippen molar-refractivity contribution >= 4 is 6.08 Å². The Bertz CT molecular complexity index is 517. The van der Waals surface area contributed by atoms with Crippen molar-refractivity contribution in [2.75, 3.05) is 20.8 Å². The molecular formula is C12H12F3NO5. The molecule has 0 radical (unpaired) electrons. The summed E-state index contributed by atoms with van der Waals surface area (Å²) >= 11 is 0. The van der Waals surface area contributed by atoms with Crippen LogP contribution in [0.15, 0.2) is 18.3 Å². The Hall–Kier alpha value is -2.45. The van der Waals surface area contributed by atoms with Crippen molar-refractivity contribution in [3.05, 3.63) is 34.0 Å². The van der Waals surface area contributed by atoms with E-state index in [4.69, 9.17) is 9.47 Å². The summed E-state index contributed by atoms with van der Waals surface area (Å²) in [6.07, 6.45) is -2.68. The SMILES string of the molecule is COc1cc(C=C[N+](=O)[O-])cc(OC)c1OCC(F)(F)F. The first kappa shape index (κ1) is 16.6. The predicted molar refractivity (Wildman–Crippen MR) is 67.1 cm³/mol. The molecule has 1 rings (SSSR count). The highest BCUT2D eigenvalue weighted by atomic mass is 19.4. The number of alkyl halides is 3. The first-order valence-electron chi connectivity index (χ1n) is 5.54. The van der Waals surface area contributed by atoms with Gasteiger partial charge in [0.2, 0.25) is 11.9 Å². The van der Waals surface area contributed by atoms with Gasteiger partial charge >= 0.3 is 6.18 Å². The largest absolute Gasteiger partial charge is 0.493 e. The van der Waals surface area contributed by atoms with Crippen LogP contribution in [0.5, 0.6) is 17.2 Å². The fourth-order valence-electron chi connectivity index (χ4n) is 1.44. The van der Waals surface area contributed by atoms with Gasteiger partial charge < -0.3 is 14.2 Å². The number of benzene rings is 1. The van der Waals surface area contributed by atoms with Crippen molar-refractivity contribution in [3.8, 4) is 17.2 Å². The zero-order chi connectivity index (χ0) is 16.0. The van der Waals surface area contributed by atoms with Crippen LogP contribution in [-0.2, 0) is 0 Å². The number of halogens is 3. The molecule has 0 aromatic heterocycles. The molecule has 0 aliphatic heterocycles. The molecule has 21 heavy (non-hydrogen) atoms. The number of nitro groups is 1. The van der Waals surface area contributed by atoms with Gasteiger partial charge in [-0.15, -0.1) is 0 Å². The van der Waals surface area contributed by atoms with Gasteiger partial charge in [0.25, 0.3) is 0 Å². The predicted octanol–water partition coefficient (Wildman–Crippen LogP) is 2.89. The van der Waals surface area contributed by atoms with E-state index in [2.05, 4.69) is 4.74 Å². The maximum absolute atomic E-state index is 12.2. The maximum Gasteiger partial charge on any atom is 0.422 e. The van der Waals surface area contributed by atoms with Crippen LogP contribution in [-0.4, -0.2) is 31.9 Å². The number of methoxy groups -OCH3 is 2. The second-order valence-corrected chi connectivity index (χ2v) is 3.76. The van der Waals surface area contributed by atoms with Crippen molar-refractivity contribution in [1.29, 1.82) is 0 Å². The second-order valence-electron chi connectivity index (χ2n) is 3.76. The molecule has 0 unspecified atom stereocenters. The molecule has 9 heteroatoms. The molecule has 1 aromatic carbocycles. The summed E-state index contributed by atoms with van der Waals surface area (Å²) in [6, 6.07) is 2.60. The number of hydrogen-bond acceptors (Lipinski definition) is 5. The summed E-state index contributed by atoms with van der Waals surface area (Å²) < 4.78 is 51.1. The van der Waals surface area contributed by atoms with Gasteiger partial charge in [-0.1, -0.05) is 0 Å². The van der Waals surface area contributed by atoms with E-state index in [0.717, 1.165) is 6.08 Å². The van der Waals surface area contributed by atoms with Gasteiger partial charge in [0.15, 0.2) is 18.1 Å². The normalized spacial score (nSPS) is 11.5. The number of ether oxygens (including phenoxy) is 3. The quantitative estimate of drug-likeness (QED) is 0.597. The molecule has 0 saturated carbocycles. The standard InChI is InChI=1S/C12H12F3NO5/c1-19-9-5-8(3-4-16(17)18)6-10(20-2)11(9)21-7-12(13,14)15/h3-6H,7H2,1-2H3. The molecule has 0 saturated heterocycles. The van der Waals surface area contributed by atoms with E-state index in [0.29, 0.717) is 11.8 Å². The molecule has 0 N–H and O–H groups in total. The van der Waals surface area contributed by atoms with Crippen molar-refractivity contribution < 1.29 is 32.3 Å². The van der Waals surface area contributed by atoms with Crippen molar-refractivity contribution in [3.63, 3.8) is 0 Å². The average Bonchev–Trinajstić information content (AvgIpc) is 2.41. The topological polar surface area (TPSA) is 70.8 Å². The molecule has 6 nitrogen and oxygen atoms in total. The van der Waals surface area contributed by atoms with Crippen LogP contribution in [0.25, 0.3) is 6.08 Å². The van der Waals surface area contributed by atoms with Gasteiger partial charge in [0, 0.05) is 6.08 Å². The van der Waals surface area contributed by atoms with Crippen LogP contribution in [0.1, 0.15) is 5.56 Å². The third-order valence-corrected chi connectivity index (χ3v) is 2.25. The highest BCUT2D eigenvalue weighted by Crippen LogP contribution is 2.39. The monoisotopic (exact) mass is 307 g/mol. The first-order valence-corrected chi connectivity index (χ1v) is 5.54. The van der Waals surface area contributed by atoms with Gasteiger partial charge in [0.05, 0.1) is 19.1 Å². The third kappa shape index (κ3) is 5.21. The lowest BCUT2D eigenvalue weighted by Gasteiger charge is -2.16. The zero-order valence-electron chi connectivity index (χ0n) is 11.1. The fraction of sp³-hybridized carbons (Fsp3) is 0.333. The van der Waals surface area contributed by atoms with Gasteiger partial charge in [-0.25, -0.2) is 0 Å². The Morgan fingerprint density at radius 2 is 1.76 bits per heavy atom. The molecule has 0 heterocycles. The Kier molecular flexibility index (Phi) is 5.39. The number of nitrogens with zero attached hydrogens (tertiary/aromatic N) is 1. The lowest BCUT2D eigenvalue weighted by molar-refractivity contribution is -0.400. The smallest absolute Gasteiger partial charge is 0.422 e. The van der Waals surface area contributed by atoms with E-state index in [9.17, 15) is 23.3 Å². The zero-order valence-corrected chi connectivity index (χ0v) is 11.1. The molecule has 0 amide bonds. The van der Waals surface area contributed by atoms with E-state index in [1.165, 1.54) is 26.4 Å². The van der Waals surface area contributed by atoms with E-state index < -0.39 is 17.7 Å². The van der Waals surface area contributed by atoms with Crippen molar-refractivity contribution in [2.45, 2.75) is 6.18 Å². The maximum atomic E-state index is 12.2. The average molecular weight is 307 g/mol.